The van der Waals surface area contributed by atoms with Gasteiger partial charge in [-0.25, -0.2) is 0 Å². The van der Waals surface area contributed by atoms with E-state index in [1.807, 2.05) is 30.3 Å². The van der Waals surface area contributed by atoms with Gasteiger partial charge >= 0.3 is 0 Å². The fraction of sp³-hybridized carbons (Fsp3) is 0.400. The number of benzene rings is 2. The van der Waals surface area contributed by atoms with E-state index in [1.165, 1.54) is 31.4 Å². The molecule has 0 saturated carbocycles. The van der Waals surface area contributed by atoms with Crippen LogP contribution >= 0.6 is 0 Å². The topological polar surface area (TPSA) is 121 Å². The number of rotatable bonds is 8. The molecule has 1 fully saturated rings. The average Bonchev–Trinajstić information content (AvgIpc) is 2.73. The van der Waals surface area contributed by atoms with Crippen molar-refractivity contribution in [2.75, 3.05) is 13.7 Å². The lowest BCUT2D eigenvalue weighted by Gasteiger charge is -2.42. The second-order valence-corrected chi connectivity index (χ2v) is 6.61. The molecule has 0 aromatic heterocycles. The van der Waals surface area contributed by atoms with Gasteiger partial charge in [-0.15, -0.1) is 0 Å². The van der Waals surface area contributed by atoms with Crippen LogP contribution in [0.25, 0.3) is 0 Å². The average molecular weight is 405 g/mol. The summed E-state index contributed by atoms with van der Waals surface area (Å²) in [5.74, 6) is 0.300. The first-order valence-corrected chi connectivity index (χ1v) is 9.06. The normalized spacial score (nSPS) is 26.8. The maximum absolute atomic E-state index is 10.8. The molecular weight excluding hydrogens is 382 g/mol. The molecule has 0 amide bonds. The second kappa shape index (κ2) is 9.77. The molecule has 0 spiro atoms. The zero-order valence-corrected chi connectivity index (χ0v) is 15.8. The Morgan fingerprint density at radius 1 is 1.07 bits per heavy atom. The van der Waals surface area contributed by atoms with Crippen LogP contribution in [0.1, 0.15) is 5.56 Å². The predicted molar refractivity (Wildman–Crippen MR) is 101 cm³/mol. The fourth-order valence-electron chi connectivity index (χ4n) is 3.03. The number of hydrogen-bond donors (Lipinski definition) is 2. The molecule has 9 heteroatoms. The largest absolute Gasteiger partial charge is 0.462 e. The van der Waals surface area contributed by atoms with E-state index < -0.39 is 35.6 Å². The zero-order valence-electron chi connectivity index (χ0n) is 15.8. The SMILES string of the molecule is COC[C@H]1O[C@H](Oc2ccc([N+](=O)[O-])cc2)[C@H](OCc2ccccc2)[C@@H](O)[C@H]1O. The van der Waals surface area contributed by atoms with Gasteiger partial charge in [-0.05, 0) is 17.7 Å². The Balaban J connectivity index is 1.76. The van der Waals surface area contributed by atoms with Crippen LogP contribution in [-0.2, 0) is 20.8 Å². The number of nitro benzene ring substituents is 1. The summed E-state index contributed by atoms with van der Waals surface area (Å²) >= 11 is 0. The van der Waals surface area contributed by atoms with E-state index in [1.54, 1.807) is 0 Å². The van der Waals surface area contributed by atoms with Gasteiger partial charge < -0.3 is 29.2 Å². The second-order valence-electron chi connectivity index (χ2n) is 6.61. The van der Waals surface area contributed by atoms with Gasteiger partial charge in [0.05, 0.1) is 18.1 Å². The monoisotopic (exact) mass is 405 g/mol. The molecule has 2 aromatic carbocycles. The van der Waals surface area contributed by atoms with Crippen molar-refractivity contribution in [2.24, 2.45) is 0 Å². The Morgan fingerprint density at radius 3 is 2.38 bits per heavy atom. The van der Waals surface area contributed by atoms with Crippen molar-refractivity contribution in [3.05, 3.63) is 70.3 Å². The lowest BCUT2D eigenvalue weighted by atomic mass is 9.99. The van der Waals surface area contributed by atoms with Gasteiger partial charge in [0.15, 0.2) is 0 Å². The first kappa shape index (κ1) is 21.2. The highest BCUT2D eigenvalue weighted by Gasteiger charge is 2.46. The molecule has 1 heterocycles. The highest BCUT2D eigenvalue weighted by molar-refractivity contribution is 5.36. The van der Waals surface area contributed by atoms with E-state index in [0.717, 1.165) is 5.56 Å². The Kier molecular flexibility index (Phi) is 7.13. The number of nitrogens with zero attached hydrogens (tertiary/aromatic N) is 1. The minimum absolute atomic E-state index is 0.0454. The van der Waals surface area contributed by atoms with Crippen LogP contribution in [0.15, 0.2) is 54.6 Å². The summed E-state index contributed by atoms with van der Waals surface area (Å²) < 4.78 is 22.4. The van der Waals surface area contributed by atoms with Crippen LogP contribution < -0.4 is 4.74 Å². The molecular formula is C20H23NO8. The molecule has 3 rings (SSSR count). The van der Waals surface area contributed by atoms with Crippen molar-refractivity contribution in [2.45, 2.75) is 37.3 Å². The van der Waals surface area contributed by atoms with Gasteiger partial charge in [-0.2, -0.15) is 0 Å². The van der Waals surface area contributed by atoms with Crippen molar-refractivity contribution >= 4 is 5.69 Å². The summed E-state index contributed by atoms with van der Waals surface area (Å²) in [5.41, 5.74) is 0.800. The Morgan fingerprint density at radius 2 is 1.76 bits per heavy atom. The van der Waals surface area contributed by atoms with Crippen molar-refractivity contribution in [1.29, 1.82) is 0 Å². The van der Waals surface area contributed by atoms with Gasteiger partial charge in [0, 0.05) is 19.2 Å². The van der Waals surface area contributed by atoms with E-state index in [4.69, 9.17) is 18.9 Å². The van der Waals surface area contributed by atoms with Gasteiger partial charge in [-0.1, -0.05) is 30.3 Å². The van der Waals surface area contributed by atoms with E-state index in [9.17, 15) is 20.3 Å². The summed E-state index contributed by atoms with van der Waals surface area (Å²) in [5, 5.41) is 31.8. The number of methoxy groups -OCH3 is 1. The minimum atomic E-state index is -1.28. The molecule has 29 heavy (non-hydrogen) atoms. The molecule has 1 saturated heterocycles. The summed E-state index contributed by atoms with van der Waals surface area (Å²) in [6.07, 6.45) is -5.38. The van der Waals surface area contributed by atoms with Crippen molar-refractivity contribution in [1.82, 2.24) is 0 Å². The van der Waals surface area contributed by atoms with Crippen molar-refractivity contribution in [3.8, 4) is 5.75 Å². The Labute approximate surface area is 167 Å². The van der Waals surface area contributed by atoms with Crippen LogP contribution in [0.2, 0.25) is 0 Å². The van der Waals surface area contributed by atoms with Crippen LogP contribution in [0.5, 0.6) is 5.75 Å². The standard InChI is InChI=1S/C20H23NO8/c1-26-12-16-17(22)18(23)19(27-11-13-5-3-2-4-6-13)20(29-16)28-15-9-7-14(8-10-15)21(24)25/h2-10,16-20,22-23H,11-12H2,1H3/t16-,17+,18+,19-,20+/m1/s1. The molecule has 5 atom stereocenters. The third kappa shape index (κ3) is 5.28. The summed E-state index contributed by atoms with van der Waals surface area (Å²) in [6.45, 7) is 0.220. The first-order chi connectivity index (χ1) is 14.0. The zero-order chi connectivity index (χ0) is 20.8. The molecule has 2 aromatic rings. The number of non-ortho nitro benzene ring substituents is 1. The molecule has 0 aliphatic carbocycles. The first-order valence-electron chi connectivity index (χ1n) is 9.06. The molecule has 1 aliphatic heterocycles. The minimum Gasteiger partial charge on any atom is -0.462 e. The quantitative estimate of drug-likeness (QED) is 0.502. The Bertz CT molecular complexity index is 785. The Hall–Kier alpha value is -2.56. The molecule has 0 bridgehead atoms. The summed E-state index contributed by atoms with van der Waals surface area (Å²) in [7, 11) is 1.45. The molecule has 9 nitrogen and oxygen atoms in total. The highest BCUT2D eigenvalue weighted by Crippen LogP contribution is 2.28. The van der Waals surface area contributed by atoms with E-state index in [2.05, 4.69) is 0 Å². The number of aliphatic hydroxyl groups is 2. The van der Waals surface area contributed by atoms with Gasteiger partial charge in [0.25, 0.3) is 5.69 Å². The van der Waals surface area contributed by atoms with Crippen LogP contribution in [0, 0.1) is 10.1 Å². The van der Waals surface area contributed by atoms with Crippen LogP contribution in [-0.4, -0.2) is 59.6 Å². The van der Waals surface area contributed by atoms with Gasteiger partial charge in [0.2, 0.25) is 6.29 Å². The van der Waals surface area contributed by atoms with Crippen LogP contribution in [0.4, 0.5) is 5.69 Å². The number of aliphatic hydroxyl groups excluding tert-OH is 2. The molecule has 0 radical (unpaired) electrons. The van der Waals surface area contributed by atoms with E-state index in [-0.39, 0.29) is 18.9 Å². The molecule has 2 N–H and O–H groups in total. The lowest BCUT2D eigenvalue weighted by Crippen LogP contribution is -2.61. The predicted octanol–water partition coefficient (Wildman–Crippen LogP) is 1.65. The third-order valence-corrected chi connectivity index (χ3v) is 4.56. The van der Waals surface area contributed by atoms with E-state index >= 15 is 0 Å². The smallest absolute Gasteiger partial charge is 0.269 e. The maximum atomic E-state index is 10.8. The summed E-state index contributed by atoms with van der Waals surface area (Å²) in [4.78, 5) is 10.3. The van der Waals surface area contributed by atoms with Crippen molar-refractivity contribution in [3.63, 3.8) is 0 Å². The molecule has 156 valence electrons. The third-order valence-electron chi connectivity index (χ3n) is 4.56. The van der Waals surface area contributed by atoms with Crippen molar-refractivity contribution < 1.29 is 34.1 Å². The number of ether oxygens (including phenoxy) is 4. The lowest BCUT2D eigenvalue weighted by molar-refractivity contribution is -0.384. The number of hydrogen-bond acceptors (Lipinski definition) is 8. The highest BCUT2D eigenvalue weighted by atomic mass is 16.7. The van der Waals surface area contributed by atoms with Gasteiger partial charge in [-0.3, -0.25) is 10.1 Å². The molecule has 0 unspecified atom stereocenters. The van der Waals surface area contributed by atoms with Crippen LogP contribution in [0.3, 0.4) is 0 Å². The number of nitro groups is 1. The van der Waals surface area contributed by atoms with Gasteiger partial charge in [0.1, 0.15) is 30.2 Å². The van der Waals surface area contributed by atoms with E-state index in [0.29, 0.717) is 5.75 Å². The fourth-order valence-corrected chi connectivity index (χ4v) is 3.03. The summed E-state index contributed by atoms with van der Waals surface area (Å²) in [6, 6.07) is 14.8. The molecule has 1 aliphatic rings. The maximum Gasteiger partial charge on any atom is 0.269 e.